The Hall–Kier alpha value is -0.380. The normalized spacial score (nSPS) is 29.4. The predicted molar refractivity (Wildman–Crippen MR) is 40.2 cm³/mol. The van der Waals surface area contributed by atoms with Gasteiger partial charge < -0.3 is 0 Å². The second kappa shape index (κ2) is 3.33. The van der Waals surface area contributed by atoms with Gasteiger partial charge in [-0.25, -0.2) is 9.61 Å². The van der Waals surface area contributed by atoms with Gasteiger partial charge in [-0.2, -0.15) is 21.6 Å². The minimum Gasteiger partial charge on any atom is -0.255 e. The van der Waals surface area contributed by atoms with E-state index < -0.39 is 21.4 Å². The lowest BCUT2D eigenvalue weighted by molar-refractivity contribution is -0.0660. The second-order valence-corrected chi connectivity index (χ2v) is 4.55. The van der Waals surface area contributed by atoms with Crippen molar-refractivity contribution in [3.8, 4) is 0 Å². The van der Waals surface area contributed by atoms with Crippen LogP contribution in [0.1, 0.15) is 13.3 Å². The highest BCUT2D eigenvalue weighted by Crippen LogP contribution is 2.29. The summed E-state index contributed by atoms with van der Waals surface area (Å²) in [5.74, 6) is 0. The van der Waals surface area contributed by atoms with Crippen molar-refractivity contribution in [1.29, 1.82) is 0 Å². The Labute approximate surface area is 78.7 Å². The summed E-state index contributed by atoms with van der Waals surface area (Å²) in [6, 6.07) is 0. The Kier molecular flexibility index (Phi) is 2.78. The minimum absolute atomic E-state index is 0.127. The SMILES string of the molecule is CC1(OS(=O)(=O)C(F)(F)F)CCNN1. The lowest BCUT2D eigenvalue weighted by atomic mass is 10.2. The molecule has 0 spiro atoms. The van der Waals surface area contributed by atoms with E-state index in [-0.39, 0.29) is 6.42 Å². The Morgan fingerprint density at radius 2 is 2.00 bits per heavy atom. The minimum atomic E-state index is -5.54. The molecule has 9 heteroatoms. The molecule has 0 radical (unpaired) electrons. The molecule has 5 nitrogen and oxygen atoms in total. The van der Waals surface area contributed by atoms with Crippen LogP contribution < -0.4 is 10.9 Å². The Balaban J connectivity index is 2.78. The summed E-state index contributed by atoms with van der Waals surface area (Å²) in [6.07, 6.45) is 0.127. The van der Waals surface area contributed by atoms with Gasteiger partial charge in [0.2, 0.25) is 0 Å². The van der Waals surface area contributed by atoms with Crippen LogP contribution in [0, 0.1) is 0 Å². The first-order chi connectivity index (χ1) is 6.16. The number of halogens is 3. The fourth-order valence-corrected chi connectivity index (χ4v) is 1.67. The Bertz CT molecular complexity index is 307. The second-order valence-electron chi connectivity index (χ2n) is 3.02. The third-order valence-corrected chi connectivity index (χ3v) is 2.81. The van der Waals surface area contributed by atoms with Crippen LogP contribution in [0.5, 0.6) is 0 Å². The average molecular weight is 234 g/mol. The molecule has 1 atom stereocenters. The lowest BCUT2D eigenvalue weighted by Gasteiger charge is -2.23. The van der Waals surface area contributed by atoms with E-state index in [0.717, 1.165) is 0 Å². The van der Waals surface area contributed by atoms with Crippen molar-refractivity contribution in [3.05, 3.63) is 0 Å². The lowest BCUT2D eigenvalue weighted by Crippen LogP contribution is -2.47. The fourth-order valence-electron chi connectivity index (χ4n) is 0.965. The molecule has 1 unspecified atom stereocenters. The van der Waals surface area contributed by atoms with Gasteiger partial charge in [0.25, 0.3) is 0 Å². The van der Waals surface area contributed by atoms with Crippen LogP contribution in [-0.4, -0.2) is 26.2 Å². The maximum Gasteiger partial charge on any atom is 0.523 e. The molecule has 1 saturated heterocycles. The van der Waals surface area contributed by atoms with Gasteiger partial charge in [-0.1, -0.05) is 0 Å². The van der Waals surface area contributed by atoms with Crippen molar-refractivity contribution in [1.82, 2.24) is 10.9 Å². The van der Waals surface area contributed by atoms with Crippen LogP contribution in [0.2, 0.25) is 0 Å². The molecular weight excluding hydrogens is 225 g/mol. The molecule has 1 heterocycles. The van der Waals surface area contributed by atoms with E-state index in [1.165, 1.54) is 6.92 Å². The van der Waals surface area contributed by atoms with Gasteiger partial charge in [-0.3, -0.25) is 5.43 Å². The van der Waals surface area contributed by atoms with E-state index in [9.17, 15) is 21.6 Å². The summed E-state index contributed by atoms with van der Waals surface area (Å²) in [7, 11) is -5.54. The van der Waals surface area contributed by atoms with Crippen LogP contribution in [0.4, 0.5) is 13.2 Å². The highest BCUT2D eigenvalue weighted by Gasteiger charge is 2.51. The van der Waals surface area contributed by atoms with Crippen molar-refractivity contribution < 1.29 is 25.8 Å². The molecule has 0 amide bonds. The predicted octanol–water partition coefficient (Wildman–Crippen LogP) is 0.0667. The summed E-state index contributed by atoms with van der Waals surface area (Å²) in [5, 5.41) is 0. The van der Waals surface area contributed by atoms with Gasteiger partial charge in [0.05, 0.1) is 0 Å². The van der Waals surface area contributed by atoms with Crippen molar-refractivity contribution in [2.45, 2.75) is 24.6 Å². The first kappa shape index (κ1) is 11.7. The van der Waals surface area contributed by atoms with Gasteiger partial charge >= 0.3 is 15.6 Å². The average Bonchev–Trinajstić information content (AvgIpc) is 2.31. The van der Waals surface area contributed by atoms with Crippen LogP contribution in [0.3, 0.4) is 0 Å². The van der Waals surface area contributed by atoms with Gasteiger partial charge in [0, 0.05) is 13.0 Å². The van der Waals surface area contributed by atoms with Crippen molar-refractivity contribution >= 4 is 10.1 Å². The zero-order valence-electron chi connectivity index (χ0n) is 7.18. The van der Waals surface area contributed by atoms with Crippen molar-refractivity contribution in [2.24, 2.45) is 0 Å². The van der Waals surface area contributed by atoms with Gasteiger partial charge in [-0.15, -0.1) is 0 Å². The third-order valence-electron chi connectivity index (χ3n) is 1.66. The van der Waals surface area contributed by atoms with E-state index in [1.54, 1.807) is 0 Å². The summed E-state index contributed by atoms with van der Waals surface area (Å²) < 4.78 is 60.9. The van der Waals surface area contributed by atoms with Gasteiger partial charge in [0.15, 0.2) is 0 Å². The zero-order valence-corrected chi connectivity index (χ0v) is 8.00. The van der Waals surface area contributed by atoms with E-state index in [0.29, 0.717) is 6.54 Å². The summed E-state index contributed by atoms with van der Waals surface area (Å²) in [6.45, 7) is 1.56. The maximum absolute atomic E-state index is 11.9. The number of alkyl halides is 3. The van der Waals surface area contributed by atoms with Crippen LogP contribution in [-0.2, 0) is 14.3 Å². The number of rotatable bonds is 2. The summed E-state index contributed by atoms with van der Waals surface area (Å²) in [4.78, 5) is 0. The number of nitrogens with one attached hydrogen (secondary N) is 2. The number of hydrogen-bond donors (Lipinski definition) is 2. The zero-order chi connectivity index (χ0) is 11.0. The van der Waals surface area contributed by atoms with Gasteiger partial charge in [0.1, 0.15) is 5.72 Å². The monoisotopic (exact) mass is 234 g/mol. The van der Waals surface area contributed by atoms with Crippen molar-refractivity contribution in [3.63, 3.8) is 0 Å². The van der Waals surface area contributed by atoms with Crippen LogP contribution in [0.15, 0.2) is 0 Å². The first-order valence-electron chi connectivity index (χ1n) is 3.68. The Morgan fingerprint density at radius 1 is 1.43 bits per heavy atom. The highest BCUT2D eigenvalue weighted by atomic mass is 32.2. The highest BCUT2D eigenvalue weighted by molar-refractivity contribution is 7.87. The summed E-state index contributed by atoms with van der Waals surface area (Å²) in [5.41, 5.74) is -2.13. The molecule has 0 aromatic carbocycles. The standard InChI is InChI=1S/C5H9F3N2O3S/c1-4(2-3-9-10-4)13-14(11,12)5(6,7)8/h9-10H,2-3H2,1H3. The molecule has 2 N–H and O–H groups in total. The molecule has 14 heavy (non-hydrogen) atoms. The molecule has 1 fully saturated rings. The molecule has 1 rings (SSSR count). The summed E-state index contributed by atoms with van der Waals surface area (Å²) >= 11 is 0. The molecule has 0 aromatic heterocycles. The van der Waals surface area contributed by atoms with Crippen LogP contribution >= 0.6 is 0 Å². The molecule has 0 aliphatic carbocycles. The molecule has 0 bridgehead atoms. The first-order valence-corrected chi connectivity index (χ1v) is 5.09. The molecular formula is C5H9F3N2O3S. The van der Waals surface area contributed by atoms with Crippen molar-refractivity contribution in [2.75, 3.05) is 6.54 Å². The van der Waals surface area contributed by atoms with E-state index in [2.05, 4.69) is 15.0 Å². The molecule has 1 aliphatic rings. The molecule has 0 saturated carbocycles. The largest absolute Gasteiger partial charge is 0.523 e. The van der Waals surface area contributed by atoms with E-state index in [4.69, 9.17) is 0 Å². The smallest absolute Gasteiger partial charge is 0.255 e. The van der Waals surface area contributed by atoms with Gasteiger partial charge in [-0.05, 0) is 6.92 Å². The number of hydrazine groups is 1. The fraction of sp³-hybridized carbons (Fsp3) is 1.00. The van der Waals surface area contributed by atoms with E-state index in [1.807, 2.05) is 0 Å². The van der Waals surface area contributed by atoms with Crippen LogP contribution in [0.25, 0.3) is 0 Å². The number of hydrogen-bond acceptors (Lipinski definition) is 5. The Morgan fingerprint density at radius 3 is 2.36 bits per heavy atom. The third kappa shape index (κ3) is 2.35. The van der Waals surface area contributed by atoms with E-state index >= 15 is 0 Å². The topological polar surface area (TPSA) is 67.4 Å². The maximum atomic E-state index is 11.9. The molecule has 0 aromatic rings. The quantitative estimate of drug-likeness (QED) is 0.522. The molecule has 1 aliphatic heterocycles. The molecule has 84 valence electrons.